The Hall–Kier alpha value is -3.36. The molecule has 0 amide bonds. The lowest BCUT2D eigenvalue weighted by Crippen LogP contribution is -2.41. The molecule has 1 aliphatic heterocycles. The lowest BCUT2D eigenvalue weighted by Gasteiger charge is -2.27. The van der Waals surface area contributed by atoms with Crippen LogP contribution in [0.25, 0.3) is 16.6 Å². The monoisotopic (exact) mass is 431 g/mol. The standard InChI is InChI=1S/C24H25N5O3/c1-15-16(2)23-20(24(31)29(27-26-23)21-14-32-11-8-22(21)30)13-18(15)12-17-4-6-19(7-5-17)28-10-3-9-25-28/h3-7,9-10,13,21-22,30H,8,11-12,14H2,1-2H3/t21-,22-/m1/s1. The summed E-state index contributed by atoms with van der Waals surface area (Å²) in [4.78, 5) is 13.3. The van der Waals surface area contributed by atoms with Gasteiger partial charge in [-0.1, -0.05) is 17.3 Å². The predicted molar refractivity (Wildman–Crippen MR) is 120 cm³/mol. The molecule has 2 atom stereocenters. The van der Waals surface area contributed by atoms with Crippen LogP contribution in [-0.4, -0.2) is 49.2 Å². The fraction of sp³-hybridized carbons (Fsp3) is 0.333. The van der Waals surface area contributed by atoms with Crippen molar-refractivity contribution in [2.24, 2.45) is 0 Å². The van der Waals surface area contributed by atoms with E-state index < -0.39 is 12.1 Å². The molecule has 2 aromatic carbocycles. The van der Waals surface area contributed by atoms with E-state index in [1.54, 1.807) is 6.20 Å². The third kappa shape index (κ3) is 3.61. The Morgan fingerprint density at radius 1 is 1.19 bits per heavy atom. The van der Waals surface area contributed by atoms with Crippen molar-refractivity contribution in [2.75, 3.05) is 13.2 Å². The zero-order chi connectivity index (χ0) is 22.2. The van der Waals surface area contributed by atoms with Crippen molar-refractivity contribution in [3.05, 3.63) is 81.4 Å². The topological polar surface area (TPSA) is 95.1 Å². The number of aryl methyl sites for hydroxylation is 1. The number of rotatable bonds is 4. The summed E-state index contributed by atoms with van der Waals surface area (Å²) in [7, 11) is 0. The number of hydrogen-bond acceptors (Lipinski definition) is 6. The summed E-state index contributed by atoms with van der Waals surface area (Å²) in [5, 5.41) is 23.6. The molecule has 2 aromatic heterocycles. The van der Waals surface area contributed by atoms with E-state index in [0.29, 0.717) is 30.4 Å². The second-order valence-corrected chi connectivity index (χ2v) is 8.31. The summed E-state index contributed by atoms with van der Waals surface area (Å²) >= 11 is 0. The zero-order valence-electron chi connectivity index (χ0n) is 18.1. The number of ether oxygens (including phenoxy) is 1. The van der Waals surface area contributed by atoms with Gasteiger partial charge in [0.25, 0.3) is 5.56 Å². The Morgan fingerprint density at radius 2 is 2.00 bits per heavy atom. The van der Waals surface area contributed by atoms with E-state index in [0.717, 1.165) is 27.9 Å². The molecule has 0 spiro atoms. The summed E-state index contributed by atoms with van der Waals surface area (Å²) in [6.07, 6.45) is 4.16. The van der Waals surface area contributed by atoms with Crippen molar-refractivity contribution in [1.82, 2.24) is 24.8 Å². The average Bonchev–Trinajstić information content (AvgIpc) is 3.34. The molecule has 1 aliphatic rings. The smallest absolute Gasteiger partial charge is 0.278 e. The van der Waals surface area contributed by atoms with E-state index in [9.17, 15) is 9.90 Å². The molecule has 3 heterocycles. The Kier molecular flexibility index (Phi) is 5.32. The molecule has 0 saturated carbocycles. The highest BCUT2D eigenvalue weighted by Crippen LogP contribution is 2.25. The number of aromatic nitrogens is 5. The number of aliphatic hydroxyl groups is 1. The van der Waals surface area contributed by atoms with Gasteiger partial charge < -0.3 is 9.84 Å². The second-order valence-electron chi connectivity index (χ2n) is 8.31. The van der Waals surface area contributed by atoms with Gasteiger partial charge in [-0.15, -0.1) is 5.10 Å². The minimum absolute atomic E-state index is 0.247. The van der Waals surface area contributed by atoms with Gasteiger partial charge >= 0.3 is 0 Å². The molecule has 0 aliphatic carbocycles. The van der Waals surface area contributed by atoms with Crippen LogP contribution in [0.3, 0.4) is 0 Å². The number of fused-ring (bicyclic) bond motifs is 1. The van der Waals surface area contributed by atoms with Gasteiger partial charge in [-0.05, 0) is 73.2 Å². The lowest BCUT2D eigenvalue weighted by atomic mass is 9.94. The zero-order valence-corrected chi connectivity index (χ0v) is 18.1. The van der Waals surface area contributed by atoms with Gasteiger partial charge in [0, 0.05) is 19.0 Å². The first-order chi connectivity index (χ1) is 15.5. The van der Waals surface area contributed by atoms with E-state index in [4.69, 9.17) is 4.74 Å². The summed E-state index contributed by atoms with van der Waals surface area (Å²) in [6.45, 7) is 4.75. The number of hydrogen-bond donors (Lipinski definition) is 1. The maximum atomic E-state index is 13.3. The molecule has 8 heteroatoms. The minimum atomic E-state index is -0.674. The molecule has 32 heavy (non-hydrogen) atoms. The van der Waals surface area contributed by atoms with Crippen LogP contribution in [0.15, 0.2) is 53.6 Å². The van der Waals surface area contributed by atoms with E-state index in [-0.39, 0.29) is 12.2 Å². The maximum absolute atomic E-state index is 13.3. The van der Waals surface area contributed by atoms with Crippen LogP contribution >= 0.6 is 0 Å². The molecule has 0 unspecified atom stereocenters. The van der Waals surface area contributed by atoms with Crippen LogP contribution in [0.1, 0.15) is 34.7 Å². The fourth-order valence-corrected chi connectivity index (χ4v) is 4.27. The molecule has 1 N–H and O–H groups in total. The van der Waals surface area contributed by atoms with E-state index in [1.165, 1.54) is 4.68 Å². The Bertz CT molecular complexity index is 1310. The van der Waals surface area contributed by atoms with Crippen LogP contribution < -0.4 is 5.56 Å². The molecule has 1 saturated heterocycles. The first kappa shape index (κ1) is 20.5. The van der Waals surface area contributed by atoms with Gasteiger partial charge in [0.2, 0.25) is 0 Å². The first-order valence-electron chi connectivity index (χ1n) is 10.8. The summed E-state index contributed by atoms with van der Waals surface area (Å²) in [5.41, 5.74) is 5.61. The Labute approximate surface area is 185 Å². The highest BCUT2D eigenvalue weighted by Gasteiger charge is 2.28. The van der Waals surface area contributed by atoms with Crippen molar-refractivity contribution in [3.63, 3.8) is 0 Å². The van der Waals surface area contributed by atoms with Crippen LogP contribution in [0.5, 0.6) is 0 Å². The summed E-state index contributed by atoms with van der Waals surface area (Å²) < 4.78 is 8.56. The van der Waals surface area contributed by atoms with Gasteiger partial charge in [-0.2, -0.15) is 5.10 Å². The van der Waals surface area contributed by atoms with Gasteiger partial charge in [-0.3, -0.25) is 4.79 Å². The van der Waals surface area contributed by atoms with Crippen LogP contribution in [0.2, 0.25) is 0 Å². The van der Waals surface area contributed by atoms with Gasteiger partial charge in [0.05, 0.1) is 23.8 Å². The molecular formula is C24H25N5O3. The quantitative estimate of drug-likeness (QED) is 0.534. The highest BCUT2D eigenvalue weighted by molar-refractivity contribution is 5.82. The highest BCUT2D eigenvalue weighted by atomic mass is 16.5. The van der Waals surface area contributed by atoms with Crippen molar-refractivity contribution >= 4 is 10.9 Å². The van der Waals surface area contributed by atoms with Crippen molar-refractivity contribution in [3.8, 4) is 5.69 Å². The molecule has 8 nitrogen and oxygen atoms in total. The van der Waals surface area contributed by atoms with E-state index in [1.807, 2.05) is 49.0 Å². The fourth-order valence-electron chi connectivity index (χ4n) is 4.27. The number of nitrogens with zero attached hydrogens (tertiary/aromatic N) is 5. The third-order valence-corrected chi connectivity index (χ3v) is 6.36. The summed E-state index contributed by atoms with van der Waals surface area (Å²) in [6, 6.07) is 11.5. The molecular weight excluding hydrogens is 406 g/mol. The molecule has 1 fully saturated rings. The molecule has 0 bridgehead atoms. The Balaban J connectivity index is 1.52. The SMILES string of the molecule is Cc1c(Cc2ccc(-n3cccn3)cc2)cc2c(=O)n([C@@H]3COCC[C@H]3O)nnc2c1C. The van der Waals surface area contributed by atoms with Crippen molar-refractivity contribution in [2.45, 2.75) is 38.8 Å². The average molecular weight is 431 g/mol. The second kappa shape index (κ2) is 8.29. The van der Waals surface area contributed by atoms with Gasteiger partial charge in [0.1, 0.15) is 11.6 Å². The maximum Gasteiger partial charge on any atom is 0.278 e. The number of benzene rings is 2. The predicted octanol–water partition coefficient (Wildman–Crippen LogP) is 2.51. The van der Waals surface area contributed by atoms with E-state index >= 15 is 0 Å². The molecule has 5 rings (SSSR count). The molecule has 164 valence electrons. The molecule has 4 aromatic rings. The normalized spacial score (nSPS) is 18.8. The number of aliphatic hydroxyl groups excluding tert-OH is 1. The van der Waals surface area contributed by atoms with E-state index in [2.05, 4.69) is 27.5 Å². The third-order valence-electron chi connectivity index (χ3n) is 6.36. The van der Waals surface area contributed by atoms with Crippen molar-refractivity contribution < 1.29 is 9.84 Å². The summed E-state index contributed by atoms with van der Waals surface area (Å²) in [5.74, 6) is 0. The minimum Gasteiger partial charge on any atom is -0.391 e. The largest absolute Gasteiger partial charge is 0.391 e. The first-order valence-corrected chi connectivity index (χ1v) is 10.8. The Morgan fingerprint density at radius 3 is 2.72 bits per heavy atom. The van der Waals surface area contributed by atoms with Crippen LogP contribution in [0, 0.1) is 13.8 Å². The van der Waals surface area contributed by atoms with Crippen LogP contribution in [-0.2, 0) is 11.2 Å². The van der Waals surface area contributed by atoms with Crippen LogP contribution in [0.4, 0.5) is 0 Å². The van der Waals surface area contributed by atoms with Gasteiger partial charge in [-0.25, -0.2) is 9.36 Å². The molecule has 0 radical (unpaired) electrons. The van der Waals surface area contributed by atoms with Crippen molar-refractivity contribution in [1.29, 1.82) is 0 Å². The lowest BCUT2D eigenvalue weighted by molar-refractivity contribution is -0.0352. The van der Waals surface area contributed by atoms with Gasteiger partial charge in [0.15, 0.2) is 0 Å².